The summed E-state index contributed by atoms with van der Waals surface area (Å²) in [6.07, 6.45) is 4.95. The van der Waals surface area contributed by atoms with E-state index >= 15 is 0 Å². The van der Waals surface area contributed by atoms with E-state index in [1.807, 2.05) is 24.3 Å². The van der Waals surface area contributed by atoms with Crippen molar-refractivity contribution in [2.24, 2.45) is 0 Å². The van der Waals surface area contributed by atoms with Crippen LogP contribution in [0.2, 0.25) is 0 Å². The minimum absolute atomic E-state index is 0.0270. The van der Waals surface area contributed by atoms with Crippen LogP contribution in [-0.4, -0.2) is 42.8 Å². The molecule has 1 aliphatic carbocycles. The third-order valence-electron chi connectivity index (χ3n) is 4.78. The summed E-state index contributed by atoms with van der Waals surface area (Å²) in [6, 6.07) is 7.75. The van der Waals surface area contributed by atoms with Crippen molar-refractivity contribution < 1.29 is 14.3 Å². The molecule has 1 fully saturated rings. The minimum Gasteiger partial charge on any atom is -0.494 e. The molecule has 0 aromatic heterocycles. The number of hydrogen-bond donors (Lipinski definition) is 1. The maximum atomic E-state index is 12.3. The average Bonchev–Trinajstić information content (AvgIpc) is 2.63. The highest BCUT2D eigenvalue weighted by Gasteiger charge is 2.31. The highest BCUT2D eigenvalue weighted by Crippen LogP contribution is 2.26. The van der Waals surface area contributed by atoms with Crippen molar-refractivity contribution in [1.82, 2.24) is 4.90 Å². The predicted molar refractivity (Wildman–Crippen MR) is 101 cm³/mol. The van der Waals surface area contributed by atoms with Crippen LogP contribution >= 0.6 is 0 Å². The molecule has 0 saturated heterocycles. The molecule has 0 radical (unpaired) electrons. The van der Waals surface area contributed by atoms with E-state index in [0.29, 0.717) is 12.6 Å². The van der Waals surface area contributed by atoms with Crippen LogP contribution in [0.4, 0.5) is 10.5 Å². The highest BCUT2D eigenvalue weighted by molar-refractivity contribution is 5.84. The number of anilines is 1. The molecule has 1 amide bonds. The number of benzene rings is 1. The Kier molecular flexibility index (Phi) is 8.06. The van der Waals surface area contributed by atoms with E-state index in [4.69, 9.17) is 9.47 Å². The first-order valence-corrected chi connectivity index (χ1v) is 9.62. The minimum atomic E-state index is -0.369. The molecule has 5 nitrogen and oxygen atoms in total. The Morgan fingerprint density at radius 2 is 1.80 bits per heavy atom. The normalized spacial score (nSPS) is 20.3. The lowest BCUT2D eigenvalue weighted by Crippen LogP contribution is -2.47. The molecule has 1 aromatic carbocycles. The summed E-state index contributed by atoms with van der Waals surface area (Å²) in [5.74, 6) is 0.814. The number of amides is 1. The lowest BCUT2D eigenvalue weighted by Gasteiger charge is -2.38. The molecule has 0 spiro atoms. The fourth-order valence-corrected chi connectivity index (χ4v) is 3.46. The summed E-state index contributed by atoms with van der Waals surface area (Å²) in [7, 11) is 0. The second-order valence-electron chi connectivity index (χ2n) is 6.51. The fourth-order valence-electron chi connectivity index (χ4n) is 3.46. The van der Waals surface area contributed by atoms with E-state index in [-0.39, 0.29) is 12.2 Å². The average molecular weight is 348 g/mol. The fraction of sp³-hybridized carbons (Fsp3) is 0.650. The van der Waals surface area contributed by atoms with Crippen LogP contribution in [0.3, 0.4) is 0 Å². The van der Waals surface area contributed by atoms with Crippen LogP contribution in [0, 0.1) is 0 Å². The van der Waals surface area contributed by atoms with Gasteiger partial charge in [0, 0.05) is 11.7 Å². The molecule has 0 unspecified atom stereocenters. The molecule has 0 bridgehead atoms. The summed E-state index contributed by atoms with van der Waals surface area (Å²) in [6.45, 7) is 9.07. The monoisotopic (exact) mass is 348 g/mol. The van der Waals surface area contributed by atoms with E-state index in [1.165, 1.54) is 6.42 Å². The van der Waals surface area contributed by atoms with Gasteiger partial charge in [0.05, 0.1) is 6.61 Å². The standard InChI is InChI=1S/C20H32N2O3/c1-4-15-24-17-13-11-16(12-14-17)21-20(23)25-19-10-8-7-9-18(19)22(5-2)6-3/h11-14,18-19H,4-10,15H2,1-3H3,(H,21,23)/t18-,19-/m0/s1. The maximum Gasteiger partial charge on any atom is 0.411 e. The Hall–Kier alpha value is -1.75. The molecule has 1 aliphatic rings. The van der Waals surface area contributed by atoms with Gasteiger partial charge >= 0.3 is 6.09 Å². The molecule has 1 saturated carbocycles. The molecular weight excluding hydrogens is 316 g/mol. The topological polar surface area (TPSA) is 50.8 Å². The van der Waals surface area contributed by atoms with Crippen molar-refractivity contribution in [3.63, 3.8) is 0 Å². The summed E-state index contributed by atoms with van der Waals surface area (Å²) >= 11 is 0. The molecule has 140 valence electrons. The number of likely N-dealkylation sites (N-methyl/N-ethyl adjacent to an activating group) is 1. The molecule has 25 heavy (non-hydrogen) atoms. The number of nitrogens with one attached hydrogen (secondary N) is 1. The number of nitrogens with zero attached hydrogens (tertiary/aromatic N) is 1. The Bertz CT molecular complexity index is 514. The van der Waals surface area contributed by atoms with E-state index in [2.05, 4.69) is 31.0 Å². The first-order valence-electron chi connectivity index (χ1n) is 9.62. The van der Waals surface area contributed by atoms with E-state index in [0.717, 1.165) is 50.2 Å². The van der Waals surface area contributed by atoms with Crippen molar-refractivity contribution in [1.29, 1.82) is 0 Å². The first kappa shape index (κ1) is 19.6. The number of rotatable bonds is 8. The van der Waals surface area contributed by atoms with Crippen LogP contribution in [0.5, 0.6) is 5.75 Å². The van der Waals surface area contributed by atoms with Gasteiger partial charge in [-0.2, -0.15) is 0 Å². The van der Waals surface area contributed by atoms with Gasteiger partial charge in [0.1, 0.15) is 11.9 Å². The summed E-state index contributed by atoms with van der Waals surface area (Å²) < 4.78 is 11.3. The predicted octanol–water partition coefficient (Wildman–Crippen LogP) is 4.68. The van der Waals surface area contributed by atoms with Crippen molar-refractivity contribution >= 4 is 11.8 Å². The molecule has 1 aromatic rings. The van der Waals surface area contributed by atoms with Crippen molar-refractivity contribution in [3.8, 4) is 5.75 Å². The SMILES string of the molecule is CCCOc1ccc(NC(=O)O[C@H]2CCCC[C@@H]2N(CC)CC)cc1. The number of hydrogen-bond acceptors (Lipinski definition) is 4. The Balaban J connectivity index is 1.89. The van der Waals surface area contributed by atoms with E-state index < -0.39 is 0 Å². The smallest absolute Gasteiger partial charge is 0.411 e. The zero-order valence-electron chi connectivity index (χ0n) is 15.8. The van der Waals surface area contributed by atoms with Gasteiger partial charge in [0.2, 0.25) is 0 Å². The van der Waals surface area contributed by atoms with Crippen LogP contribution in [0.1, 0.15) is 52.9 Å². The lowest BCUT2D eigenvalue weighted by atomic mass is 9.91. The zero-order chi connectivity index (χ0) is 18.1. The molecule has 0 heterocycles. The molecule has 5 heteroatoms. The third-order valence-corrected chi connectivity index (χ3v) is 4.78. The van der Waals surface area contributed by atoms with Crippen molar-refractivity contribution in [3.05, 3.63) is 24.3 Å². The van der Waals surface area contributed by atoms with Gasteiger partial charge < -0.3 is 9.47 Å². The van der Waals surface area contributed by atoms with Gasteiger partial charge in [0.25, 0.3) is 0 Å². The Morgan fingerprint density at radius 3 is 2.44 bits per heavy atom. The second kappa shape index (κ2) is 10.3. The Labute approximate surface area is 151 Å². The van der Waals surface area contributed by atoms with Gasteiger partial charge in [-0.25, -0.2) is 4.79 Å². The second-order valence-corrected chi connectivity index (χ2v) is 6.51. The van der Waals surface area contributed by atoms with Crippen LogP contribution in [-0.2, 0) is 4.74 Å². The summed E-state index contributed by atoms with van der Waals surface area (Å²) in [5.41, 5.74) is 0.726. The lowest BCUT2D eigenvalue weighted by molar-refractivity contribution is 0.0125. The van der Waals surface area contributed by atoms with Crippen LogP contribution in [0.15, 0.2) is 24.3 Å². The van der Waals surface area contributed by atoms with Gasteiger partial charge in [0.15, 0.2) is 0 Å². The van der Waals surface area contributed by atoms with Gasteiger partial charge in [-0.15, -0.1) is 0 Å². The quantitative estimate of drug-likeness (QED) is 0.741. The number of carbonyl (C=O) groups is 1. The maximum absolute atomic E-state index is 12.3. The van der Waals surface area contributed by atoms with E-state index in [9.17, 15) is 4.79 Å². The van der Waals surface area contributed by atoms with Crippen LogP contribution < -0.4 is 10.1 Å². The molecule has 2 rings (SSSR count). The van der Waals surface area contributed by atoms with Gasteiger partial charge in [-0.3, -0.25) is 10.2 Å². The highest BCUT2D eigenvalue weighted by atomic mass is 16.6. The molecule has 2 atom stereocenters. The van der Waals surface area contributed by atoms with Gasteiger partial charge in [-0.05, 0) is 63.0 Å². The summed E-state index contributed by atoms with van der Waals surface area (Å²) in [5, 5.41) is 2.83. The largest absolute Gasteiger partial charge is 0.494 e. The van der Waals surface area contributed by atoms with Crippen molar-refractivity contribution in [2.45, 2.75) is 65.0 Å². The summed E-state index contributed by atoms with van der Waals surface area (Å²) in [4.78, 5) is 14.7. The zero-order valence-corrected chi connectivity index (χ0v) is 15.8. The third kappa shape index (κ3) is 5.92. The number of carbonyl (C=O) groups excluding carboxylic acids is 1. The number of ether oxygens (including phenoxy) is 2. The molecular formula is C20H32N2O3. The first-order chi connectivity index (χ1) is 12.2. The Morgan fingerprint density at radius 1 is 1.12 bits per heavy atom. The van der Waals surface area contributed by atoms with Crippen molar-refractivity contribution in [2.75, 3.05) is 25.0 Å². The van der Waals surface area contributed by atoms with Crippen LogP contribution in [0.25, 0.3) is 0 Å². The van der Waals surface area contributed by atoms with Gasteiger partial charge in [-0.1, -0.05) is 27.2 Å². The molecule has 1 N–H and O–H groups in total. The molecule has 0 aliphatic heterocycles. The van der Waals surface area contributed by atoms with E-state index in [1.54, 1.807) is 0 Å².